The fraction of sp³-hybridized carbons (Fsp3) is 0.111. The van der Waals surface area contributed by atoms with E-state index in [0.717, 1.165) is 6.07 Å². The lowest BCUT2D eigenvalue weighted by atomic mass is 10.1. The van der Waals surface area contributed by atoms with Gasteiger partial charge in [-0.2, -0.15) is 0 Å². The molecule has 0 aliphatic rings. The minimum absolute atomic E-state index is 0.0213. The number of ketones is 1. The van der Waals surface area contributed by atoms with Gasteiger partial charge in [0.2, 0.25) is 0 Å². The maximum Gasteiger partial charge on any atom is 0.354 e. The van der Waals surface area contributed by atoms with Crippen molar-refractivity contribution in [3.63, 3.8) is 0 Å². The highest BCUT2D eigenvalue weighted by Gasteiger charge is 2.10. The summed E-state index contributed by atoms with van der Waals surface area (Å²) >= 11 is 0. The van der Waals surface area contributed by atoms with Gasteiger partial charge < -0.3 is 5.11 Å². The molecule has 72 valence electrons. The van der Waals surface area contributed by atoms with E-state index in [2.05, 4.69) is 4.98 Å². The van der Waals surface area contributed by atoms with Crippen LogP contribution < -0.4 is 0 Å². The highest BCUT2D eigenvalue weighted by atomic mass is 16.4. The minimum Gasteiger partial charge on any atom is -0.477 e. The van der Waals surface area contributed by atoms with Crippen molar-refractivity contribution in [1.82, 2.24) is 4.98 Å². The average molecular weight is 193 g/mol. The number of Topliss-reactive ketones (excluding diaryl/α,β-unsaturated/α-hetero) is 1. The quantitative estimate of drug-likeness (QED) is 0.566. The number of carbonyl (C=O) groups is 3. The zero-order valence-corrected chi connectivity index (χ0v) is 7.35. The first-order chi connectivity index (χ1) is 6.54. The van der Waals surface area contributed by atoms with Gasteiger partial charge in [-0.25, -0.2) is 9.78 Å². The Kier molecular flexibility index (Phi) is 2.71. The molecule has 1 rings (SSSR count). The number of rotatable bonds is 3. The maximum atomic E-state index is 10.9. The van der Waals surface area contributed by atoms with Crippen molar-refractivity contribution in [2.45, 2.75) is 6.92 Å². The molecular weight excluding hydrogens is 186 g/mol. The molecule has 1 N–H and O–H groups in total. The molecule has 5 heteroatoms. The number of carboxylic acids is 1. The Labute approximate surface area is 79.4 Å². The number of carbonyl (C=O) groups excluding carboxylic acids is 2. The van der Waals surface area contributed by atoms with Gasteiger partial charge in [-0.3, -0.25) is 9.59 Å². The molecule has 0 spiro atoms. The molecule has 14 heavy (non-hydrogen) atoms. The Morgan fingerprint density at radius 2 is 1.93 bits per heavy atom. The van der Waals surface area contributed by atoms with Crippen LogP contribution in [0.25, 0.3) is 0 Å². The Morgan fingerprint density at radius 1 is 1.36 bits per heavy atom. The van der Waals surface area contributed by atoms with Crippen LogP contribution in [0.4, 0.5) is 0 Å². The van der Waals surface area contributed by atoms with Crippen LogP contribution in [0.2, 0.25) is 0 Å². The second-order valence-corrected chi connectivity index (χ2v) is 2.65. The van der Waals surface area contributed by atoms with Gasteiger partial charge in [-0.15, -0.1) is 0 Å². The zero-order chi connectivity index (χ0) is 10.7. The van der Waals surface area contributed by atoms with Crippen LogP contribution in [0, 0.1) is 0 Å². The van der Waals surface area contributed by atoms with Crippen LogP contribution in [0.1, 0.15) is 38.3 Å². The summed E-state index contributed by atoms with van der Waals surface area (Å²) in [7, 11) is 0. The SMILES string of the molecule is CC(=O)c1cc(C=O)cc(C(=O)O)n1. The van der Waals surface area contributed by atoms with E-state index in [4.69, 9.17) is 5.11 Å². The van der Waals surface area contributed by atoms with Crippen molar-refractivity contribution in [1.29, 1.82) is 0 Å². The summed E-state index contributed by atoms with van der Waals surface area (Å²) in [5.74, 6) is -1.65. The lowest BCUT2D eigenvalue weighted by Gasteiger charge is -1.99. The third kappa shape index (κ3) is 2.01. The summed E-state index contributed by atoms with van der Waals surface area (Å²) in [4.78, 5) is 35.5. The molecule has 1 heterocycles. The molecule has 1 aromatic heterocycles. The third-order valence-electron chi connectivity index (χ3n) is 1.56. The zero-order valence-electron chi connectivity index (χ0n) is 7.35. The predicted octanol–water partition coefficient (Wildman–Crippen LogP) is 0.795. The fourth-order valence-electron chi connectivity index (χ4n) is 0.910. The summed E-state index contributed by atoms with van der Waals surface area (Å²) in [5, 5.41) is 8.62. The van der Waals surface area contributed by atoms with Crippen molar-refractivity contribution in [2.24, 2.45) is 0 Å². The monoisotopic (exact) mass is 193 g/mol. The van der Waals surface area contributed by atoms with Gasteiger partial charge >= 0.3 is 5.97 Å². The normalized spacial score (nSPS) is 9.50. The topological polar surface area (TPSA) is 84.3 Å². The Balaban J connectivity index is 3.34. The number of nitrogens with zero attached hydrogens (tertiary/aromatic N) is 1. The molecular formula is C9H7NO4. The van der Waals surface area contributed by atoms with Gasteiger partial charge in [0.15, 0.2) is 5.78 Å². The largest absolute Gasteiger partial charge is 0.477 e. The second-order valence-electron chi connectivity index (χ2n) is 2.65. The van der Waals surface area contributed by atoms with E-state index in [1.807, 2.05) is 0 Å². The van der Waals surface area contributed by atoms with Crippen LogP contribution in [0.5, 0.6) is 0 Å². The number of carboxylic acid groups (broad SMARTS) is 1. The summed E-state index contributed by atoms with van der Waals surface area (Å²) in [6.45, 7) is 1.25. The number of hydrogen-bond donors (Lipinski definition) is 1. The molecule has 0 unspecified atom stereocenters. The van der Waals surface area contributed by atoms with E-state index >= 15 is 0 Å². The van der Waals surface area contributed by atoms with Crippen LogP contribution in [0.15, 0.2) is 12.1 Å². The minimum atomic E-state index is -1.27. The van der Waals surface area contributed by atoms with E-state index in [9.17, 15) is 14.4 Å². The van der Waals surface area contributed by atoms with Gasteiger partial charge in [0, 0.05) is 12.5 Å². The molecule has 5 nitrogen and oxygen atoms in total. The maximum absolute atomic E-state index is 10.9. The van der Waals surface area contributed by atoms with Crippen molar-refractivity contribution in [3.05, 3.63) is 29.1 Å². The van der Waals surface area contributed by atoms with Gasteiger partial charge in [-0.05, 0) is 12.1 Å². The van der Waals surface area contributed by atoms with Gasteiger partial charge in [0.05, 0.1) is 0 Å². The first-order valence-electron chi connectivity index (χ1n) is 3.76. The highest BCUT2D eigenvalue weighted by molar-refractivity contribution is 5.96. The van der Waals surface area contributed by atoms with Crippen LogP contribution in [0.3, 0.4) is 0 Å². The van der Waals surface area contributed by atoms with Gasteiger partial charge in [0.1, 0.15) is 17.7 Å². The molecule has 1 aromatic rings. The lowest BCUT2D eigenvalue weighted by molar-refractivity contribution is 0.0690. The average Bonchev–Trinajstić information content (AvgIpc) is 2.16. The molecule has 0 saturated heterocycles. The lowest BCUT2D eigenvalue weighted by Crippen LogP contribution is -2.07. The molecule has 0 atom stereocenters. The van der Waals surface area contributed by atoms with E-state index < -0.39 is 5.97 Å². The van der Waals surface area contributed by atoms with Gasteiger partial charge in [-0.1, -0.05) is 0 Å². The fourth-order valence-corrected chi connectivity index (χ4v) is 0.910. The summed E-state index contributed by atoms with van der Waals surface area (Å²) in [5.41, 5.74) is -0.200. The molecule has 0 saturated carbocycles. The first-order valence-corrected chi connectivity index (χ1v) is 3.76. The first kappa shape index (κ1) is 10.0. The molecule has 0 amide bonds. The van der Waals surface area contributed by atoms with Crippen molar-refractivity contribution >= 4 is 18.0 Å². The van der Waals surface area contributed by atoms with Crippen molar-refractivity contribution in [3.8, 4) is 0 Å². The molecule has 0 bridgehead atoms. The standard InChI is InChI=1S/C9H7NO4/c1-5(12)7-2-6(4-11)3-8(10-7)9(13)14/h2-4H,1H3,(H,13,14). The smallest absolute Gasteiger partial charge is 0.354 e. The van der Waals surface area contributed by atoms with Crippen molar-refractivity contribution < 1.29 is 19.5 Å². The number of hydrogen-bond acceptors (Lipinski definition) is 4. The van der Waals surface area contributed by atoms with Crippen LogP contribution in [-0.2, 0) is 0 Å². The Bertz CT molecular complexity index is 379. The van der Waals surface area contributed by atoms with Gasteiger partial charge in [0.25, 0.3) is 0 Å². The number of pyridine rings is 1. The van der Waals surface area contributed by atoms with Crippen LogP contribution >= 0.6 is 0 Å². The molecule has 0 aliphatic carbocycles. The van der Waals surface area contributed by atoms with Crippen LogP contribution in [-0.4, -0.2) is 28.1 Å². The van der Waals surface area contributed by atoms with E-state index in [-0.39, 0.29) is 22.7 Å². The predicted molar refractivity (Wildman–Crippen MR) is 46.6 cm³/mol. The number of aromatic carboxylic acids is 1. The molecule has 0 radical (unpaired) electrons. The number of aldehydes is 1. The number of aromatic nitrogens is 1. The van der Waals surface area contributed by atoms with E-state index in [0.29, 0.717) is 6.29 Å². The highest BCUT2D eigenvalue weighted by Crippen LogP contribution is 2.05. The van der Waals surface area contributed by atoms with E-state index in [1.165, 1.54) is 13.0 Å². The molecule has 0 aromatic carbocycles. The summed E-state index contributed by atoms with van der Waals surface area (Å²) in [6.07, 6.45) is 0.473. The third-order valence-corrected chi connectivity index (χ3v) is 1.56. The Hall–Kier alpha value is -2.04. The Morgan fingerprint density at radius 3 is 2.36 bits per heavy atom. The summed E-state index contributed by atoms with van der Waals surface area (Å²) in [6, 6.07) is 2.36. The van der Waals surface area contributed by atoms with Crippen molar-refractivity contribution in [2.75, 3.05) is 0 Å². The molecule has 0 fully saturated rings. The molecule has 0 aliphatic heterocycles. The van der Waals surface area contributed by atoms with E-state index in [1.54, 1.807) is 0 Å². The summed E-state index contributed by atoms with van der Waals surface area (Å²) < 4.78 is 0. The second kappa shape index (κ2) is 3.78.